The number of benzene rings is 11. The van der Waals surface area contributed by atoms with Crippen molar-refractivity contribution >= 4 is 49.8 Å². The number of furan rings is 1. The first-order valence-electron chi connectivity index (χ1n) is 23.2. The van der Waals surface area contributed by atoms with Crippen molar-refractivity contribution in [1.82, 2.24) is 0 Å². The van der Waals surface area contributed by atoms with Gasteiger partial charge in [-0.15, -0.1) is 0 Å². The molecule has 11 aromatic carbocycles. The molecule has 67 heavy (non-hydrogen) atoms. The lowest BCUT2D eigenvalue weighted by molar-refractivity contribution is 0.670. The van der Waals surface area contributed by atoms with Crippen molar-refractivity contribution in [1.29, 1.82) is 0 Å². The van der Waals surface area contributed by atoms with Crippen molar-refractivity contribution in [3.8, 4) is 55.6 Å². The Morgan fingerprint density at radius 2 is 0.851 bits per heavy atom. The lowest BCUT2D eigenvalue weighted by Gasteiger charge is -2.31. The normalized spacial score (nSPS) is 12.9. The highest BCUT2D eigenvalue weighted by molar-refractivity contribution is 6.15. The number of hydrogen-bond acceptors (Lipinski definition) is 2. The molecule has 2 aliphatic rings. The molecular formula is C65H41NO. The molecule has 0 fully saturated rings. The minimum absolute atomic E-state index is 0.482. The molecule has 1 heterocycles. The Balaban J connectivity index is 1.04. The van der Waals surface area contributed by atoms with Gasteiger partial charge in [0.1, 0.15) is 5.58 Å². The monoisotopic (exact) mass is 851 g/mol. The van der Waals surface area contributed by atoms with Gasteiger partial charge >= 0.3 is 0 Å². The van der Waals surface area contributed by atoms with E-state index in [1.165, 1.54) is 72.0 Å². The van der Waals surface area contributed by atoms with Gasteiger partial charge < -0.3 is 9.32 Å². The largest absolute Gasteiger partial charge is 0.453 e. The molecule has 2 heteroatoms. The first-order valence-corrected chi connectivity index (χ1v) is 23.2. The van der Waals surface area contributed by atoms with E-state index in [0.29, 0.717) is 0 Å². The van der Waals surface area contributed by atoms with Gasteiger partial charge in [-0.1, -0.05) is 206 Å². The third kappa shape index (κ3) is 5.51. The van der Waals surface area contributed by atoms with E-state index in [1.807, 2.05) is 0 Å². The maximum absolute atomic E-state index is 7.35. The van der Waals surface area contributed by atoms with Gasteiger partial charge in [0.25, 0.3) is 0 Å². The third-order valence-electron chi connectivity index (χ3n) is 14.5. The van der Waals surface area contributed by atoms with Crippen LogP contribution in [-0.2, 0) is 5.41 Å². The molecule has 0 aliphatic heterocycles. The van der Waals surface area contributed by atoms with Gasteiger partial charge in [-0.2, -0.15) is 0 Å². The number of nitrogens with zero attached hydrogens (tertiary/aromatic N) is 1. The Morgan fingerprint density at radius 3 is 1.58 bits per heavy atom. The number of fused-ring (bicyclic) bond motifs is 14. The molecule has 0 atom stereocenters. The zero-order valence-corrected chi connectivity index (χ0v) is 36.5. The van der Waals surface area contributed by atoms with Crippen LogP contribution in [0.5, 0.6) is 0 Å². The zero-order chi connectivity index (χ0) is 44.1. The van der Waals surface area contributed by atoms with Crippen LogP contribution in [-0.4, -0.2) is 0 Å². The van der Waals surface area contributed by atoms with Gasteiger partial charge in [0.2, 0.25) is 0 Å². The third-order valence-corrected chi connectivity index (χ3v) is 14.5. The fourth-order valence-corrected chi connectivity index (χ4v) is 11.6. The summed E-state index contributed by atoms with van der Waals surface area (Å²) in [5, 5.41) is 4.63. The Hall–Kier alpha value is -8.72. The van der Waals surface area contributed by atoms with E-state index in [0.717, 1.165) is 55.7 Å². The molecule has 0 saturated heterocycles. The Labute approximate surface area is 389 Å². The van der Waals surface area contributed by atoms with Crippen LogP contribution in [0.4, 0.5) is 17.1 Å². The Kier molecular flexibility index (Phi) is 8.23. The number of rotatable bonds is 6. The zero-order valence-electron chi connectivity index (χ0n) is 36.5. The van der Waals surface area contributed by atoms with Gasteiger partial charge in [0.05, 0.1) is 16.8 Å². The summed E-state index contributed by atoms with van der Waals surface area (Å²) in [5.74, 6) is 0. The summed E-state index contributed by atoms with van der Waals surface area (Å²) in [6.07, 6.45) is 0. The summed E-state index contributed by atoms with van der Waals surface area (Å²) < 4.78 is 7.35. The van der Waals surface area contributed by atoms with Crippen molar-refractivity contribution in [3.05, 3.63) is 271 Å². The molecule has 0 saturated carbocycles. The second kappa shape index (κ2) is 14.7. The van der Waals surface area contributed by atoms with E-state index in [2.05, 4.69) is 254 Å². The van der Waals surface area contributed by atoms with E-state index < -0.39 is 5.41 Å². The molecule has 0 bridgehead atoms. The molecule has 12 aromatic rings. The van der Waals surface area contributed by atoms with E-state index in [4.69, 9.17) is 4.42 Å². The molecule has 1 spiro atoms. The maximum Gasteiger partial charge on any atom is 0.159 e. The molecule has 14 rings (SSSR count). The number of anilines is 3. The van der Waals surface area contributed by atoms with Crippen molar-refractivity contribution in [2.75, 3.05) is 4.90 Å². The molecule has 0 radical (unpaired) electrons. The highest BCUT2D eigenvalue weighted by Gasteiger charge is 2.52. The van der Waals surface area contributed by atoms with Crippen molar-refractivity contribution in [2.45, 2.75) is 5.41 Å². The highest BCUT2D eigenvalue weighted by Crippen LogP contribution is 2.65. The van der Waals surface area contributed by atoms with Crippen LogP contribution in [0.2, 0.25) is 0 Å². The summed E-state index contributed by atoms with van der Waals surface area (Å²) in [7, 11) is 0. The molecule has 2 aliphatic carbocycles. The quantitative estimate of drug-likeness (QED) is 0.166. The predicted molar refractivity (Wildman–Crippen MR) is 279 cm³/mol. The summed E-state index contributed by atoms with van der Waals surface area (Å²) in [6, 6.07) is 91.1. The van der Waals surface area contributed by atoms with Crippen LogP contribution in [0.15, 0.2) is 253 Å². The smallest absolute Gasteiger partial charge is 0.159 e. The molecule has 312 valence electrons. The number of hydrogen-bond donors (Lipinski definition) is 0. The fourth-order valence-electron chi connectivity index (χ4n) is 11.6. The average Bonchev–Trinajstić information content (AvgIpc) is 4.04. The van der Waals surface area contributed by atoms with Crippen LogP contribution < -0.4 is 4.90 Å². The Morgan fingerprint density at radius 1 is 0.299 bits per heavy atom. The number of para-hydroxylation sites is 1. The van der Waals surface area contributed by atoms with Crippen LogP contribution in [0.25, 0.3) is 88.3 Å². The Bertz CT molecular complexity index is 3870. The lowest BCUT2D eigenvalue weighted by atomic mass is 9.70. The second-order valence-electron chi connectivity index (χ2n) is 17.9. The molecule has 0 N–H and O–H groups in total. The SMILES string of the molecule is c1ccc(-c2cc(-c3ccccc3)c3oc4c(N(c5ccc(-c6ccc7ccccc7c6)cc5)c5cccc6c5-c5ccccc5C65c6ccccc6-c6ccccc65)cccc4c3c2)cc1. The lowest BCUT2D eigenvalue weighted by Crippen LogP contribution is -2.26. The summed E-state index contributed by atoms with van der Waals surface area (Å²) in [4.78, 5) is 2.45. The maximum atomic E-state index is 7.35. The molecule has 1 aromatic heterocycles. The minimum Gasteiger partial charge on any atom is -0.453 e. The summed E-state index contributed by atoms with van der Waals surface area (Å²) in [6.45, 7) is 0. The van der Waals surface area contributed by atoms with E-state index in [1.54, 1.807) is 0 Å². The van der Waals surface area contributed by atoms with E-state index in [9.17, 15) is 0 Å². The van der Waals surface area contributed by atoms with E-state index in [-0.39, 0.29) is 0 Å². The topological polar surface area (TPSA) is 16.4 Å². The van der Waals surface area contributed by atoms with Gasteiger partial charge in [-0.25, -0.2) is 0 Å². The summed E-state index contributed by atoms with van der Waals surface area (Å²) in [5.41, 5.74) is 21.5. The van der Waals surface area contributed by atoms with E-state index >= 15 is 0 Å². The highest BCUT2D eigenvalue weighted by atomic mass is 16.3. The standard InChI is InChI=1S/C65H41NO/c1-3-17-42(18-4-1)48-40-54(45-20-5-2-6-21-45)63-55(41-48)52-26-15-32-61(64(52)67-63)66(49-37-35-44(36-38-49)47-34-33-43-19-7-8-22-46(43)39-47)60-31-16-30-59-62(60)53-25-11-14-29-58(53)65(59)56-27-12-9-23-50(56)51-24-10-13-28-57(51)65/h1-41H. The fraction of sp³-hybridized carbons (Fsp3) is 0.0154. The van der Waals surface area contributed by atoms with Crippen molar-refractivity contribution in [2.24, 2.45) is 0 Å². The molecule has 0 amide bonds. The van der Waals surface area contributed by atoms with Gasteiger partial charge in [-0.05, 0) is 120 Å². The van der Waals surface area contributed by atoms with Crippen LogP contribution >= 0.6 is 0 Å². The minimum atomic E-state index is -0.482. The van der Waals surface area contributed by atoms with Crippen LogP contribution in [0.3, 0.4) is 0 Å². The molecule has 0 unspecified atom stereocenters. The first-order chi connectivity index (χ1) is 33.2. The van der Waals surface area contributed by atoms with Gasteiger partial charge in [-0.3, -0.25) is 0 Å². The van der Waals surface area contributed by atoms with Gasteiger partial charge in [0.15, 0.2) is 5.58 Å². The van der Waals surface area contributed by atoms with Crippen molar-refractivity contribution in [3.63, 3.8) is 0 Å². The molecular weight excluding hydrogens is 811 g/mol. The van der Waals surface area contributed by atoms with Gasteiger partial charge in [0, 0.05) is 27.6 Å². The predicted octanol–water partition coefficient (Wildman–Crippen LogP) is 17.6. The van der Waals surface area contributed by atoms with Crippen LogP contribution in [0, 0.1) is 0 Å². The van der Waals surface area contributed by atoms with Crippen molar-refractivity contribution < 1.29 is 4.42 Å². The first kappa shape index (κ1) is 37.6. The molecule has 2 nitrogen and oxygen atoms in total. The second-order valence-corrected chi connectivity index (χ2v) is 17.9. The van der Waals surface area contributed by atoms with Crippen LogP contribution in [0.1, 0.15) is 22.3 Å². The summed E-state index contributed by atoms with van der Waals surface area (Å²) >= 11 is 0. The average molecular weight is 852 g/mol.